The molecule has 0 aliphatic carbocycles. The first-order valence-electron chi connectivity index (χ1n) is 9.91. The van der Waals surface area contributed by atoms with E-state index < -0.39 is 11.8 Å². The zero-order valence-electron chi connectivity index (χ0n) is 17.0. The van der Waals surface area contributed by atoms with Gasteiger partial charge in [0.05, 0.1) is 23.5 Å². The lowest BCUT2D eigenvalue weighted by molar-refractivity contribution is 0.0697. The number of carboxylic acid groups (broad SMARTS) is 1. The van der Waals surface area contributed by atoms with Crippen molar-refractivity contribution in [2.24, 2.45) is 4.99 Å². The van der Waals surface area contributed by atoms with E-state index in [0.29, 0.717) is 33.6 Å². The Kier molecular flexibility index (Phi) is 5.27. The number of rotatable bonds is 4. The van der Waals surface area contributed by atoms with E-state index in [1.165, 1.54) is 30.5 Å². The van der Waals surface area contributed by atoms with Gasteiger partial charge in [-0.2, -0.15) is 0 Å². The molecule has 0 saturated carbocycles. The van der Waals surface area contributed by atoms with Gasteiger partial charge >= 0.3 is 5.97 Å². The van der Waals surface area contributed by atoms with Crippen LogP contribution in [0.2, 0.25) is 5.02 Å². The predicted molar refractivity (Wildman–Crippen MR) is 123 cm³/mol. The second-order valence-electron chi connectivity index (χ2n) is 7.26. The third kappa shape index (κ3) is 4.04. The second-order valence-corrected chi connectivity index (χ2v) is 7.70. The van der Waals surface area contributed by atoms with Gasteiger partial charge in [-0.1, -0.05) is 17.7 Å². The number of pyridine rings is 1. The van der Waals surface area contributed by atoms with E-state index in [0.717, 1.165) is 11.1 Å². The number of hydrogen-bond acceptors (Lipinski definition) is 6. The SMILES string of the molecule is O=C(O)c1ccc(Nc2ncc3c(n2)-c2ccc(Cl)cc2C(c2ncccc2F)=NC3)cc1. The molecule has 9 heteroatoms. The summed E-state index contributed by atoms with van der Waals surface area (Å²) in [5.74, 6) is -1.16. The summed E-state index contributed by atoms with van der Waals surface area (Å²) in [6.07, 6.45) is 3.18. The highest BCUT2D eigenvalue weighted by molar-refractivity contribution is 6.31. The summed E-state index contributed by atoms with van der Waals surface area (Å²) < 4.78 is 14.6. The Morgan fingerprint density at radius 2 is 1.85 bits per heavy atom. The van der Waals surface area contributed by atoms with Gasteiger partial charge in [0.25, 0.3) is 0 Å². The molecule has 0 bridgehead atoms. The Hall–Kier alpha value is -4.17. The van der Waals surface area contributed by atoms with Crippen molar-refractivity contribution < 1.29 is 14.3 Å². The van der Waals surface area contributed by atoms with Crippen LogP contribution in [0.4, 0.5) is 16.0 Å². The van der Waals surface area contributed by atoms with E-state index in [2.05, 4.69) is 25.3 Å². The zero-order chi connectivity index (χ0) is 22.9. The summed E-state index contributed by atoms with van der Waals surface area (Å²) in [5.41, 5.74) is 4.09. The lowest BCUT2D eigenvalue weighted by atomic mass is 9.97. The molecule has 0 atom stereocenters. The first kappa shape index (κ1) is 20.7. The van der Waals surface area contributed by atoms with Crippen LogP contribution >= 0.6 is 11.6 Å². The van der Waals surface area contributed by atoms with Crippen molar-refractivity contribution in [1.29, 1.82) is 0 Å². The molecular formula is C24H15ClFN5O2. The van der Waals surface area contributed by atoms with Crippen molar-refractivity contribution in [1.82, 2.24) is 15.0 Å². The molecule has 5 rings (SSSR count). The average molecular weight is 460 g/mol. The molecule has 1 aliphatic rings. The molecule has 3 heterocycles. The number of hydrogen-bond donors (Lipinski definition) is 2. The number of benzene rings is 2. The van der Waals surface area contributed by atoms with Crippen LogP contribution in [-0.4, -0.2) is 31.7 Å². The van der Waals surface area contributed by atoms with Gasteiger partial charge in [0.15, 0.2) is 5.82 Å². The van der Waals surface area contributed by atoms with Crippen LogP contribution in [0.1, 0.15) is 27.2 Å². The van der Waals surface area contributed by atoms with Gasteiger partial charge < -0.3 is 10.4 Å². The maximum absolute atomic E-state index is 14.6. The lowest BCUT2D eigenvalue weighted by Gasteiger charge is -2.12. The van der Waals surface area contributed by atoms with E-state index in [1.807, 2.05) is 6.07 Å². The normalized spacial score (nSPS) is 12.2. The Bertz CT molecular complexity index is 1420. The van der Waals surface area contributed by atoms with Crippen LogP contribution in [0.3, 0.4) is 0 Å². The predicted octanol–water partition coefficient (Wildman–Crippen LogP) is 5.12. The van der Waals surface area contributed by atoms with E-state index >= 15 is 0 Å². The van der Waals surface area contributed by atoms with Crippen LogP contribution in [0, 0.1) is 5.82 Å². The van der Waals surface area contributed by atoms with Crippen LogP contribution < -0.4 is 5.32 Å². The van der Waals surface area contributed by atoms with Gasteiger partial charge in [0.1, 0.15) is 5.69 Å². The van der Waals surface area contributed by atoms with Crippen molar-refractivity contribution in [3.05, 3.63) is 100 Å². The Balaban J connectivity index is 1.57. The number of nitrogens with one attached hydrogen (secondary N) is 1. The van der Waals surface area contributed by atoms with Crippen LogP contribution in [-0.2, 0) is 6.54 Å². The number of aromatic carboxylic acids is 1. The number of fused-ring (bicyclic) bond motifs is 3. The summed E-state index contributed by atoms with van der Waals surface area (Å²) >= 11 is 6.27. The minimum absolute atomic E-state index is 0.138. The molecule has 0 radical (unpaired) electrons. The van der Waals surface area contributed by atoms with Crippen molar-refractivity contribution in [3.63, 3.8) is 0 Å². The van der Waals surface area contributed by atoms with E-state index in [-0.39, 0.29) is 17.8 Å². The smallest absolute Gasteiger partial charge is 0.335 e. The highest BCUT2D eigenvalue weighted by Crippen LogP contribution is 2.33. The maximum Gasteiger partial charge on any atom is 0.335 e. The highest BCUT2D eigenvalue weighted by Gasteiger charge is 2.23. The quantitative estimate of drug-likeness (QED) is 0.439. The molecule has 33 heavy (non-hydrogen) atoms. The van der Waals surface area contributed by atoms with Crippen molar-refractivity contribution in [2.75, 3.05) is 5.32 Å². The van der Waals surface area contributed by atoms with E-state index in [4.69, 9.17) is 16.7 Å². The van der Waals surface area contributed by atoms with Crippen LogP contribution in [0.15, 0.2) is 72.0 Å². The number of aromatic nitrogens is 3. The molecule has 1 aliphatic heterocycles. The fourth-order valence-electron chi connectivity index (χ4n) is 3.57. The summed E-state index contributed by atoms with van der Waals surface area (Å²) in [7, 11) is 0. The van der Waals surface area contributed by atoms with Gasteiger partial charge in [-0.25, -0.2) is 19.2 Å². The fourth-order valence-corrected chi connectivity index (χ4v) is 3.74. The Morgan fingerprint density at radius 3 is 2.61 bits per heavy atom. The Morgan fingerprint density at radius 1 is 1.03 bits per heavy atom. The Labute approximate surface area is 192 Å². The monoisotopic (exact) mass is 459 g/mol. The summed E-state index contributed by atoms with van der Waals surface area (Å²) in [5, 5.41) is 12.6. The molecule has 7 nitrogen and oxygen atoms in total. The molecule has 4 aromatic rings. The third-order valence-corrected chi connectivity index (χ3v) is 5.37. The molecule has 0 unspecified atom stereocenters. The first-order chi connectivity index (χ1) is 16.0. The van der Waals surface area contributed by atoms with Gasteiger partial charge in [-0.15, -0.1) is 0 Å². The second kappa shape index (κ2) is 8.40. The van der Waals surface area contributed by atoms with Crippen molar-refractivity contribution in [2.45, 2.75) is 6.54 Å². The van der Waals surface area contributed by atoms with Crippen LogP contribution in [0.5, 0.6) is 0 Å². The lowest BCUT2D eigenvalue weighted by Crippen LogP contribution is -2.09. The van der Waals surface area contributed by atoms with Crippen molar-refractivity contribution in [3.8, 4) is 11.3 Å². The minimum atomic E-state index is -1.00. The minimum Gasteiger partial charge on any atom is -0.478 e. The zero-order valence-corrected chi connectivity index (χ0v) is 17.7. The number of aliphatic imine (C=N–C) groups is 1. The highest BCUT2D eigenvalue weighted by atomic mass is 35.5. The molecule has 0 fully saturated rings. The summed E-state index contributed by atoms with van der Waals surface area (Å²) in [4.78, 5) is 28.9. The van der Waals surface area contributed by atoms with Crippen molar-refractivity contribution >= 4 is 34.9 Å². The molecule has 162 valence electrons. The van der Waals surface area contributed by atoms with Crippen LogP contribution in [0.25, 0.3) is 11.3 Å². The molecule has 2 N–H and O–H groups in total. The molecular weight excluding hydrogens is 445 g/mol. The first-order valence-corrected chi connectivity index (χ1v) is 10.3. The molecule has 2 aromatic carbocycles. The van der Waals surface area contributed by atoms with E-state index in [9.17, 15) is 9.18 Å². The van der Waals surface area contributed by atoms with Gasteiger partial charge in [-0.3, -0.25) is 9.98 Å². The largest absolute Gasteiger partial charge is 0.478 e. The number of nitrogens with zero attached hydrogens (tertiary/aromatic N) is 4. The molecule has 0 saturated heterocycles. The van der Waals surface area contributed by atoms with E-state index in [1.54, 1.807) is 30.5 Å². The maximum atomic E-state index is 14.6. The van der Waals surface area contributed by atoms with Gasteiger partial charge in [0, 0.05) is 39.8 Å². The molecule has 0 spiro atoms. The molecule has 2 aromatic heterocycles. The summed E-state index contributed by atoms with van der Waals surface area (Å²) in [6, 6.07) is 14.4. The summed E-state index contributed by atoms with van der Waals surface area (Å²) in [6.45, 7) is 0.237. The van der Waals surface area contributed by atoms with Gasteiger partial charge in [0.2, 0.25) is 5.95 Å². The number of anilines is 2. The number of carbonyl (C=O) groups is 1. The standard InChI is InChI=1S/C24H15ClFN5O2/c25-15-5-8-17-18(10-15)21(22-19(26)2-1-9-27-22)28-11-14-12-29-24(31-20(14)17)30-16-6-3-13(4-7-16)23(32)33/h1-10,12H,11H2,(H,32,33)(H,29,30,31). The van der Waals surface area contributed by atoms with Gasteiger partial charge in [-0.05, 0) is 48.5 Å². The molecule has 0 amide bonds. The number of carboxylic acids is 1. The fraction of sp³-hybridized carbons (Fsp3) is 0.0417. The number of halogens is 2. The topological polar surface area (TPSA) is 100 Å². The average Bonchev–Trinajstić information content (AvgIpc) is 2.96. The third-order valence-electron chi connectivity index (χ3n) is 5.13.